The van der Waals surface area contributed by atoms with E-state index >= 15 is 0 Å². The van der Waals surface area contributed by atoms with Gasteiger partial charge >= 0.3 is 0 Å². The van der Waals surface area contributed by atoms with Crippen molar-refractivity contribution in [3.63, 3.8) is 0 Å². The van der Waals surface area contributed by atoms with E-state index in [1.165, 1.54) is 18.2 Å². The number of hydrogen-bond donors (Lipinski definition) is 2. The van der Waals surface area contributed by atoms with Gasteiger partial charge in [0.25, 0.3) is 5.91 Å². The van der Waals surface area contributed by atoms with Gasteiger partial charge in [-0.2, -0.15) is 0 Å². The smallest absolute Gasteiger partial charge is 0.255 e. The van der Waals surface area contributed by atoms with E-state index in [0.717, 1.165) is 0 Å². The predicted molar refractivity (Wildman–Crippen MR) is 96.6 cm³/mol. The number of benzene rings is 2. The maximum atomic E-state index is 13.1. The van der Waals surface area contributed by atoms with Crippen LogP contribution < -0.4 is 10.6 Å². The third kappa shape index (κ3) is 4.64. The largest absolute Gasteiger partial charge is 0.326 e. The molecule has 0 aliphatic carbocycles. The van der Waals surface area contributed by atoms with Crippen LogP contribution >= 0.6 is 15.9 Å². The van der Waals surface area contributed by atoms with E-state index in [2.05, 4.69) is 26.6 Å². The monoisotopic (exact) mass is 392 g/mol. The lowest BCUT2D eigenvalue weighted by Gasteiger charge is -2.18. The van der Waals surface area contributed by atoms with Gasteiger partial charge in [0.15, 0.2) is 0 Å². The number of anilines is 2. The molecule has 0 aromatic heterocycles. The molecule has 0 radical (unpaired) electrons. The van der Waals surface area contributed by atoms with E-state index in [4.69, 9.17) is 0 Å². The van der Waals surface area contributed by atoms with E-state index in [9.17, 15) is 14.0 Å². The molecule has 2 rings (SSSR count). The number of carbonyl (C=O) groups excluding carboxylic acids is 2. The molecule has 0 aliphatic heterocycles. The molecule has 0 fully saturated rings. The SMILES string of the molecule is CC(C)(C)C(=O)Nc1cccc(C(=O)Nc2ccc(F)cc2Br)c1. The summed E-state index contributed by atoms with van der Waals surface area (Å²) in [5.74, 6) is -0.887. The molecule has 0 aliphatic rings. The highest BCUT2D eigenvalue weighted by Crippen LogP contribution is 2.24. The first-order valence-electron chi connectivity index (χ1n) is 7.35. The molecule has 0 unspecified atom stereocenters. The topological polar surface area (TPSA) is 58.2 Å². The van der Waals surface area contributed by atoms with E-state index in [1.54, 1.807) is 24.3 Å². The van der Waals surface area contributed by atoms with Crippen molar-refractivity contribution >= 4 is 39.1 Å². The van der Waals surface area contributed by atoms with Crippen LogP contribution in [0.5, 0.6) is 0 Å². The Hall–Kier alpha value is -2.21. The standard InChI is InChI=1S/C18H18BrFN2O2/c1-18(2,3)17(24)21-13-6-4-5-11(9-13)16(23)22-15-8-7-12(20)10-14(15)19/h4-10H,1-3H3,(H,21,24)(H,22,23). The second-order valence-corrected chi connectivity index (χ2v) is 7.22. The summed E-state index contributed by atoms with van der Waals surface area (Å²) in [5, 5.41) is 5.48. The van der Waals surface area contributed by atoms with Gasteiger partial charge in [0.1, 0.15) is 5.82 Å². The summed E-state index contributed by atoms with van der Waals surface area (Å²) in [7, 11) is 0. The van der Waals surface area contributed by atoms with E-state index in [-0.39, 0.29) is 11.8 Å². The molecule has 6 heteroatoms. The van der Waals surface area contributed by atoms with Crippen LogP contribution in [-0.4, -0.2) is 11.8 Å². The first kappa shape index (κ1) is 18.1. The summed E-state index contributed by atoms with van der Waals surface area (Å²) in [6, 6.07) is 10.6. The molecule has 2 aromatic carbocycles. The zero-order chi connectivity index (χ0) is 17.9. The summed E-state index contributed by atoms with van der Waals surface area (Å²) >= 11 is 3.21. The van der Waals surface area contributed by atoms with Gasteiger partial charge in [-0.3, -0.25) is 9.59 Å². The zero-order valence-corrected chi connectivity index (χ0v) is 15.2. The number of rotatable bonds is 3. The molecule has 0 atom stereocenters. The average Bonchev–Trinajstić information content (AvgIpc) is 2.49. The van der Waals surface area contributed by atoms with Crippen molar-refractivity contribution in [2.45, 2.75) is 20.8 Å². The first-order chi connectivity index (χ1) is 11.2. The van der Waals surface area contributed by atoms with E-state index in [1.807, 2.05) is 20.8 Å². The van der Waals surface area contributed by atoms with Crippen molar-refractivity contribution in [1.29, 1.82) is 0 Å². The van der Waals surface area contributed by atoms with Crippen LogP contribution in [-0.2, 0) is 4.79 Å². The van der Waals surface area contributed by atoms with Crippen molar-refractivity contribution < 1.29 is 14.0 Å². The normalized spacial score (nSPS) is 11.0. The highest BCUT2D eigenvalue weighted by molar-refractivity contribution is 9.10. The van der Waals surface area contributed by atoms with E-state index in [0.29, 0.717) is 21.4 Å². The fraction of sp³-hybridized carbons (Fsp3) is 0.222. The minimum Gasteiger partial charge on any atom is -0.326 e. The summed E-state index contributed by atoms with van der Waals surface area (Å²) < 4.78 is 13.5. The van der Waals surface area contributed by atoms with Gasteiger partial charge in [-0.15, -0.1) is 0 Å². The summed E-state index contributed by atoms with van der Waals surface area (Å²) in [4.78, 5) is 24.4. The molecule has 0 saturated heterocycles. The number of amides is 2. The van der Waals surface area contributed by atoms with Gasteiger partial charge < -0.3 is 10.6 Å². The van der Waals surface area contributed by atoms with Crippen molar-refractivity contribution in [2.24, 2.45) is 5.41 Å². The maximum absolute atomic E-state index is 13.1. The maximum Gasteiger partial charge on any atom is 0.255 e. The molecule has 0 heterocycles. The Balaban J connectivity index is 2.16. The lowest BCUT2D eigenvalue weighted by atomic mass is 9.95. The highest BCUT2D eigenvalue weighted by atomic mass is 79.9. The fourth-order valence-electron chi connectivity index (χ4n) is 1.84. The van der Waals surface area contributed by atoms with Gasteiger partial charge in [0.05, 0.1) is 5.69 Å². The van der Waals surface area contributed by atoms with E-state index < -0.39 is 11.2 Å². The molecule has 2 amide bonds. The Morgan fingerprint density at radius 2 is 1.75 bits per heavy atom. The molecule has 2 N–H and O–H groups in total. The van der Waals surface area contributed by atoms with Crippen LogP contribution in [0.2, 0.25) is 0 Å². The first-order valence-corrected chi connectivity index (χ1v) is 8.14. The Bertz CT molecular complexity index is 785. The van der Waals surface area contributed by atoms with Crippen LogP contribution in [0.3, 0.4) is 0 Å². The molecule has 24 heavy (non-hydrogen) atoms. The molecular formula is C18H18BrFN2O2. The van der Waals surface area contributed by atoms with Gasteiger partial charge in [0, 0.05) is 21.1 Å². The molecule has 2 aromatic rings. The average molecular weight is 393 g/mol. The summed E-state index contributed by atoms with van der Waals surface area (Å²) in [6.07, 6.45) is 0. The van der Waals surface area contributed by atoms with Crippen LogP contribution in [0.25, 0.3) is 0 Å². The minimum absolute atomic E-state index is 0.138. The quantitative estimate of drug-likeness (QED) is 0.785. The van der Waals surface area contributed by atoms with Gasteiger partial charge in [-0.25, -0.2) is 4.39 Å². The number of nitrogens with one attached hydrogen (secondary N) is 2. The lowest BCUT2D eigenvalue weighted by molar-refractivity contribution is -0.123. The third-order valence-corrected chi connectivity index (χ3v) is 3.90. The molecular weight excluding hydrogens is 375 g/mol. The fourth-order valence-corrected chi connectivity index (χ4v) is 2.29. The second kappa shape index (κ2) is 7.13. The van der Waals surface area contributed by atoms with Crippen molar-refractivity contribution in [3.8, 4) is 0 Å². The van der Waals surface area contributed by atoms with Gasteiger partial charge in [-0.1, -0.05) is 26.8 Å². The Labute approximate surface area is 148 Å². The Morgan fingerprint density at radius 3 is 2.38 bits per heavy atom. The van der Waals surface area contributed by atoms with Gasteiger partial charge in [-0.05, 0) is 52.3 Å². The van der Waals surface area contributed by atoms with Crippen molar-refractivity contribution in [2.75, 3.05) is 10.6 Å². The number of halogens is 2. The zero-order valence-electron chi connectivity index (χ0n) is 13.6. The van der Waals surface area contributed by atoms with Crippen LogP contribution in [0, 0.1) is 11.2 Å². The van der Waals surface area contributed by atoms with Crippen LogP contribution in [0.15, 0.2) is 46.9 Å². The second-order valence-electron chi connectivity index (χ2n) is 6.36. The summed E-state index contributed by atoms with van der Waals surface area (Å²) in [6.45, 7) is 5.43. The molecule has 0 saturated carbocycles. The van der Waals surface area contributed by atoms with Crippen molar-refractivity contribution in [1.82, 2.24) is 0 Å². The Kier molecular flexibility index (Phi) is 5.39. The predicted octanol–water partition coefficient (Wildman–Crippen LogP) is 4.83. The van der Waals surface area contributed by atoms with Crippen molar-refractivity contribution in [3.05, 3.63) is 58.3 Å². The van der Waals surface area contributed by atoms with Gasteiger partial charge in [0.2, 0.25) is 5.91 Å². The molecule has 126 valence electrons. The molecule has 0 bridgehead atoms. The van der Waals surface area contributed by atoms with Crippen LogP contribution in [0.4, 0.5) is 15.8 Å². The number of hydrogen-bond acceptors (Lipinski definition) is 2. The number of carbonyl (C=O) groups is 2. The Morgan fingerprint density at radius 1 is 1.04 bits per heavy atom. The minimum atomic E-state index is -0.531. The molecule has 0 spiro atoms. The highest BCUT2D eigenvalue weighted by Gasteiger charge is 2.21. The summed E-state index contributed by atoms with van der Waals surface area (Å²) in [5.41, 5.74) is 0.862. The van der Waals surface area contributed by atoms with Crippen LogP contribution in [0.1, 0.15) is 31.1 Å². The third-order valence-electron chi connectivity index (χ3n) is 3.24. The lowest BCUT2D eigenvalue weighted by Crippen LogP contribution is -2.27. The molecule has 4 nitrogen and oxygen atoms in total.